The number of hydrogen-bond donors (Lipinski definition) is 1. The first-order chi connectivity index (χ1) is 9.55. The lowest BCUT2D eigenvalue weighted by atomic mass is 9.69. The number of piperidine rings is 1. The Labute approximate surface area is 119 Å². The van der Waals surface area contributed by atoms with E-state index in [1.807, 2.05) is 44.2 Å². The van der Waals surface area contributed by atoms with Gasteiger partial charge in [-0.25, -0.2) is 0 Å². The highest BCUT2D eigenvalue weighted by Gasteiger charge is 2.45. The van der Waals surface area contributed by atoms with Crippen molar-refractivity contribution >= 4 is 11.8 Å². The molecule has 1 fully saturated rings. The summed E-state index contributed by atoms with van der Waals surface area (Å²) < 4.78 is 5.51. The standard InChI is InChI=1S/C16H21NO3/c1-3-20-11-16(2)10-14(18)17-15(19)13(16)9-12-7-5-4-6-8-12/h4-8,13H,3,9-11H2,1-2H3,(H,17,18,19). The van der Waals surface area contributed by atoms with E-state index in [4.69, 9.17) is 4.74 Å². The molecule has 4 nitrogen and oxygen atoms in total. The summed E-state index contributed by atoms with van der Waals surface area (Å²) in [6.45, 7) is 4.90. The summed E-state index contributed by atoms with van der Waals surface area (Å²) in [5, 5.41) is 2.45. The van der Waals surface area contributed by atoms with E-state index in [0.29, 0.717) is 26.1 Å². The maximum atomic E-state index is 12.2. The summed E-state index contributed by atoms with van der Waals surface area (Å²) in [4.78, 5) is 23.9. The summed E-state index contributed by atoms with van der Waals surface area (Å²) in [7, 11) is 0. The summed E-state index contributed by atoms with van der Waals surface area (Å²) in [5.41, 5.74) is 0.662. The van der Waals surface area contributed by atoms with Gasteiger partial charge in [0.1, 0.15) is 0 Å². The topological polar surface area (TPSA) is 55.4 Å². The van der Waals surface area contributed by atoms with Crippen LogP contribution >= 0.6 is 0 Å². The van der Waals surface area contributed by atoms with Gasteiger partial charge in [0.05, 0.1) is 12.5 Å². The molecule has 4 heteroatoms. The van der Waals surface area contributed by atoms with Crippen LogP contribution in [0.15, 0.2) is 30.3 Å². The number of carbonyl (C=O) groups is 2. The molecule has 1 N–H and O–H groups in total. The van der Waals surface area contributed by atoms with Gasteiger partial charge in [0.25, 0.3) is 0 Å². The zero-order chi connectivity index (χ0) is 14.6. The fourth-order valence-corrected chi connectivity index (χ4v) is 2.75. The van der Waals surface area contributed by atoms with Gasteiger partial charge in [-0.05, 0) is 18.9 Å². The Bertz CT molecular complexity index is 486. The van der Waals surface area contributed by atoms with Crippen LogP contribution in [0.1, 0.15) is 25.8 Å². The van der Waals surface area contributed by atoms with E-state index in [1.165, 1.54) is 0 Å². The summed E-state index contributed by atoms with van der Waals surface area (Å²) in [5.74, 6) is -0.636. The predicted octanol–water partition coefficient (Wildman–Crippen LogP) is 1.93. The molecule has 0 spiro atoms. The van der Waals surface area contributed by atoms with Crippen LogP contribution < -0.4 is 5.32 Å². The van der Waals surface area contributed by atoms with Crippen LogP contribution in [0, 0.1) is 11.3 Å². The molecular formula is C16H21NO3. The second-order valence-corrected chi connectivity index (χ2v) is 5.62. The SMILES string of the molecule is CCOCC1(C)CC(=O)NC(=O)C1Cc1ccccc1. The van der Waals surface area contributed by atoms with Gasteiger partial charge in [0, 0.05) is 18.4 Å². The van der Waals surface area contributed by atoms with Gasteiger partial charge in [-0.15, -0.1) is 0 Å². The molecule has 2 unspecified atom stereocenters. The molecule has 2 atom stereocenters. The van der Waals surface area contributed by atoms with Gasteiger partial charge in [-0.2, -0.15) is 0 Å². The first kappa shape index (κ1) is 14.7. The number of imide groups is 1. The van der Waals surface area contributed by atoms with Crippen molar-refractivity contribution in [2.45, 2.75) is 26.7 Å². The summed E-state index contributed by atoms with van der Waals surface area (Å²) in [6.07, 6.45) is 0.958. The minimum atomic E-state index is -0.439. The van der Waals surface area contributed by atoms with E-state index in [2.05, 4.69) is 5.32 Å². The van der Waals surface area contributed by atoms with Gasteiger partial charge < -0.3 is 4.74 Å². The Hall–Kier alpha value is -1.68. The molecule has 0 aliphatic carbocycles. The third-order valence-electron chi connectivity index (χ3n) is 3.90. The lowest BCUT2D eigenvalue weighted by Gasteiger charge is -2.39. The van der Waals surface area contributed by atoms with Crippen molar-refractivity contribution < 1.29 is 14.3 Å². The molecule has 1 saturated heterocycles. The fraction of sp³-hybridized carbons (Fsp3) is 0.500. The van der Waals surface area contributed by atoms with Gasteiger partial charge in [0.2, 0.25) is 11.8 Å². The molecule has 1 aliphatic heterocycles. The highest BCUT2D eigenvalue weighted by molar-refractivity contribution is 5.99. The normalized spacial score (nSPS) is 26.4. The Balaban J connectivity index is 2.20. The van der Waals surface area contributed by atoms with E-state index in [0.717, 1.165) is 5.56 Å². The Morgan fingerprint density at radius 2 is 2.00 bits per heavy atom. The van der Waals surface area contributed by atoms with E-state index >= 15 is 0 Å². The summed E-state index contributed by atoms with van der Waals surface area (Å²) in [6, 6.07) is 9.88. The van der Waals surface area contributed by atoms with Crippen molar-refractivity contribution in [3.05, 3.63) is 35.9 Å². The molecule has 108 valence electrons. The first-order valence-electron chi connectivity index (χ1n) is 7.00. The number of carbonyl (C=O) groups excluding carboxylic acids is 2. The van der Waals surface area contributed by atoms with Gasteiger partial charge in [-0.1, -0.05) is 37.3 Å². The van der Waals surface area contributed by atoms with E-state index in [1.54, 1.807) is 0 Å². The second-order valence-electron chi connectivity index (χ2n) is 5.62. The van der Waals surface area contributed by atoms with Crippen LogP contribution in [-0.4, -0.2) is 25.0 Å². The Kier molecular flexibility index (Phi) is 4.55. The maximum Gasteiger partial charge on any atom is 0.230 e. The predicted molar refractivity (Wildman–Crippen MR) is 76.0 cm³/mol. The van der Waals surface area contributed by atoms with Crippen molar-refractivity contribution in [2.75, 3.05) is 13.2 Å². The number of hydrogen-bond acceptors (Lipinski definition) is 3. The molecule has 0 bridgehead atoms. The average molecular weight is 275 g/mol. The Morgan fingerprint density at radius 1 is 1.30 bits per heavy atom. The van der Waals surface area contributed by atoms with Crippen LogP contribution in [0.4, 0.5) is 0 Å². The molecule has 0 aromatic heterocycles. The highest BCUT2D eigenvalue weighted by atomic mass is 16.5. The molecule has 0 radical (unpaired) electrons. The monoisotopic (exact) mass is 275 g/mol. The van der Waals surface area contributed by atoms with Crippen molar-refractivity contribution in [2.24, 2.45) is 11.3 Å². The summed E-state index contributed by atoms with van der Waals surface area (Å²) >= 11 is 0. The van der Waals surface area contributed by atoms with Crippen LogP contribution in [0.5, 0.6) is 0 Å². The zero-order valence-electron chi connectivity index (χ0n) is 12.0. The van der Waals surface area contributed by atoms with Gasteiger partial charge in [-0.3, -0.25) is 14.9 Å². The number of amides is 2. The fourth-order valence-electron chi connectivity index (χ4n) is 2.75. The lowest BCUT2D eigenvalue weighted by molar-refractivity contribution is -0.146. The highest BCUT2D eigenvalue weighted by Crippen LogP contribution is 2.37. The minimum absolute atomic E-state index is 0.188. The smallest absolute Gasteiger partial charge is 0.230 e. The molecule has 20 heavy (non-hydrogen) atoms. The van der Waals surface area contributed by atoms with Crippen molar-refractivity contribution in [3.8, 4) is 0 Å². The van der Waals surface area contributed by atoms with Crippen LogP contribution in [0.25, 0.3) is 0 Å². The average Bonchev–Trinajstić information content (AvgIpc) is 2.42. The number of ether oxygens (including phenoxy) is 1. The molecule has 1 heterocycles. The van der Waals surface area contributed by atoms with Gasteiger partial charge in [0.15, 0.2) is 0 Å². The zero-order valence-corrected chi connectivity index (χ0v) is 12.0. The maximum absolute atomic E-state index is 12.2. The van der Waals surface area contributed by atoms with Crippen LogP contribution in [0.3, 0.4) is 0 Å². The van der Waals surface area contributed by atoms with Crippen LogP contribution in [0.2, 0.25) is 0 Å². The van der Waals surface area contributed by atoms with Crippen molar-refractivity contribution in [3.63, 3.8) is 0 Å². The quantitative estimate of drug-likeness (QED) is 0.835. The minimum Gasteiger partial charge on any atom is -0.381 e. The third kappa shape index (κ3) is 3.25. The molecule has 1 aromatic carbocycles. The van der Waals surface area contributed by atoms with Crippen molar-refractivity contribution in [1.82, 2.24) is 5.32 Å². The molecule has 1 aliphatic rings. The van der Waals surface area contributed by atoms with Gasteiger partial charge >= 0.3 is 0 Å². The molecular weight excluding hydrogens is 254 g/mol. The lowest BCUT2D eigenvalue weighted by Crippen LogP contribution is -2.53. The largest absolute Gasteiger partial charge is 0.381 e. The van der Waals surface area contributed by atoms with Crippen LogP contribution in [-0.2, 0) is 20.7 Å². The number of rotatable bonds is 5. The second kappa shape index (κ2) is 6.18. The van der Waals surface area contributed by atoms with E-state index in [9.17, 15) is 9.59 Å². The Morgan fingerprint density at radius 3 is 2.65 bits per heavy atom. The molecule has 0 saturated carbocycles. The number of benzene rings is 1. The first-order valence-corrected chi connectivity index (χ1v) is 7.00. The van der Waals surface area contributed by atoms with E-state index in [-0.39, 0.29) is 17.7 Å². The third-order valence-corrected chi connectivity index (χ3v) is 3.90. The molecule has 2 amide bonds. The molecule has 2 rings (SSSR count). The van der Waals surface area contributed by atoms with E-state index < -0.39 is 5.41 Å². The molecule has 1 aromatic rings. The van der Waals surface area contributed by atoms with Crippen molar-refractivity contribution in [1.29, 1.82) is 0 Å². The number of nitrogens with one attached hydrogen (secondary N) is 1.